The van der Waals surface area contributed by atoms with Crippen LogP contribution in [-0.4, -0.2) is 39.1 Å². The van der Waals surface area contributed by atoms with Crippen LogP contribution in [0.3, 0.4) is 0 Å². The largest absolute Gasteiger partial charge is 0.480 e. The Kier molecular flexibility index (Phi) is 5.73. The van der Waals surface area contributed by atoms with Gasteiger partial charge in [-0.05, 0) is 5.25 Å². The molecule has 0 aromatic carbocycles. The summed E-state index contributed by atoms with van der Waals surface area (Å²) in [6.45, 7) is 3.15. The van der Waals surface area contributed by atoms with Gasteiger partial charge in [0.25, 0.3) is 0 Å². The molecule has 1 atom stereocenters. The molecule has 0 bridgehead atoms. The third-order valence-corrected chi connectivity index (χ3v) is 2.54. The van der Waals surface area contributed by atoms with Gasteiger partial charge in [0.2, 0.25) is 0 Å². The highest BCUT2D eigenvalue weighted by Crippen LogP contribution is 2.20. The Labute approximate surface area is 81.3 Å². The second-order valence-corrected chi connectivity index (χ2v) is 4.70. The summed E-state index contributed by atoms with van der Waals surface area (Å²) < 4.78 is 0. The van der Waals surface area contributed by atoms with Crippen molar-refractivity contribution >= 4 is 23.5 Å². The molecule has 0 amide bonds. The number of aliphatic carboxylic acids is 1. The van der Waals surface area contributed by atoms with Crippen LogP contribution in [-0.2, 0) is 9.59 Å². The van der Waals surface area contributed by atoms with E-state index < -0.39 is 23.6 Å². The van der Waals surface area contributed by atoms with E-state index in [0.29, 0.717) is 0 Å². The number of rotatable bonds is 6. The first kappa shape index (κ1) is 12.4. The zero-order valence-corrected chi connectivity index (χ0v) is 8.50. The minimum atomic E-state index is -1.000. The van der Waals surface area contributed by atoms with Gasteiger partial charge in [-0.15, -0.1) is 11.8 Å². The van der Waals surface area contributed by atoms with Crippen molar-refractivity contribution in [2.75, 3.05) is 6.61 Å². The summed E-state index contributed by atoms with van der Waals surface area (Å²) in [5.41, 5.74) is 0. The smallest absolute Gasteiger partial charge is 0.317 e. The van der Waals surface area contributed by atoms with Crippen molar-refractivity contribution in [3.8, 4) is 0 Å². The first-order valence-electron chi connectivity index (χ1n) is 3.98. The lowest BCUT2D eigenvalue weighted by Gasteiger charge is -2.12. The molecule has 0 aliphatic heterocycles. The summed E-state index contributed by atoms with van der Waals surface area (Å²) in [5.74, 6) is -1.43. The van der Waals surface area contributed by atoms with Crippen molar-refractivity contribution in [3.63, 3.8) is 0 Å². The molecule has 0 aliphatic carbocycles. The summed E-state index contributed by atoms with van der Waals surface area (Å²) in [5, 5.41) is 16.6. The number of ketones is 1. The number of aliphatic hydroxyl groups is 1. The first-order valence-corrected chi connectivity index (χ1v) is 4.92. The first-order chi connectivity index (χ1) is 5.97. The molecule has 0 aliphatic rings. The molecule has 0 radical (unpaired) electrons. The maximum Gasteiger partial charge on any atom is 0.317 e. The average molecular weight is 206 g/mol. The number of Topliss-reactive ketones (excluding diaryl/α,β-unsaturated/α-hetero) is 1. The van der Waals surface area contributed by atoms with Gasteiger partial charge < -0.3 is 10.2 Å². The van der Waals surface area contributed by atoms with Gasteiger partial charge in [0, 0.05) is 6.42 Å². The van der Waals surface area contributed by atoms with Crippen molar-refractivity contribution < 1.29 is 19.8 Å². The molecular formula is C8H14O4S. The highest BCUT2D eigenvalue weighted by atomic mass is 32.2. The number of thioether (sulfide) groups is 1. The molecule has 0 rings (SSSR count). The lowest BCUT2D eigenvalue weighted by molar-refractivity contribution is -0.138. The van der Waals surface area contributed by atoms with E-state index >= 15 is 0 Å². The van der Waals surface area contributed by atoms with Crippen LogP contribution in [0.15, 0.2) is 0 Å². The van der Waals surface area contributed by atoms with Gasteiger partial charge in [0.1, 0.15) is 11.9 Å². The molecule has 76 valence electrons. The summed E-state index contributed by atoms with van der Waals surface area (Å²) >= 11 is 1.22. The van der Waals surface area contributed by atoms with Crippen molar-refractivity contribution in [1.82, 2.24) is 0 Å². The molecule has 0 aromatic heterocycles. The standard InChI is InChI=1S/C8H14O4S/c1-5(2)13-7(8(11)12)3-6(10)4-9/h5,7,9H,3-4H2,1-2H3,(H,11,12). The van der Waals surface area contributed by atoms with Crippen LogP contribution < -0.4 is 0 Å². The number of carbonyl (C=O) groups excluding carboxylic acids is 1. The van der Waals surface area contributed by atoms with E-state index in [9.17, 15) is 9.59 Å². The fourth-order valence-corrected chi connectivity index (χ4v) is 1.85. The van der Waals surface area contributed by atoms with Gasteiger partial charge in [-0.2, -0.15) is 0 Å². The highest BCUT2D eigenvalue weighted by molar-refractivity contribution is 8.01. The second kappa shape index (κ2) is 5.99. The van der Waals surface area contributed by atoms with Gasteiger partial charge in [0.15, 0.2) is 5.78 Å². The molecule has 0 aromatic rings. The molecule has 0 spiro atoms. The Morgan fingerprint density at radius 1 is 1.38 bits per heavy atom. The van der Waals surface area contributed by atoms with Crippen LogP contribution >= 0.6 is 11.8 Å². The van der Waals surface area contributed by atoms with E-state index in [1.54, 1.807) is 0 Å². The van der Waals surface area contributed by atoms with E-state index in [2.05, 4.69) is 0 Å². The van der Waals surface area contributed by atoms with Gasteiger partial charge in [-0.25, -0.2) is 0 Å². The molecule has 0 heterocycles. The van der Waals surface area contributed by atoms with Crippen molar-refractivity contribution in [2.24, 2.45) is 0 Å². The monoisotopic (exact) mass is 206 g/mol. The Morgan fingerprint density at radius 2 is 1.92 bits per heavy atom. The second-order valence-electron chi connectivity index (χ2n) is 2.91. The number of carboxylic acids is 1. The Morgan fingerprint density at radius 3 is 2.23 bits per heavy atom. The zero-order chi connectivity index (χ0) is 10.4. The van der Waals surface area contributed by atoms with Crippen LogP contribution in [0.2, 0.25) is 0 Å². The fourth-order valence-electron chi connectivity index (χ4n) is 0.793. The molecule has 2 N–H and O–H groups in total. The summed E-state index contributed by atoms with van der Waals surface area (Å²) in [7, 11) is 0. The summed E-state index contributed by atoms with van der Waals surface area (Å²) in [6.07, 6.45) is -0.103. The SMILES string of the molecule is CC(C)SC(CC(=O)CO)C(=O)O. The van der Waals surface area contributed by atoms with Crippen LogP contribution in [0, 0.1) is 0 Å². The number of aliphatic hydroxyl groups excluding tert-OH is 1. The van der Waals surface area contributed by atoms with Crippen LogP contribution in [0.1, 0.15) is 20.3 Å². The molecule has 0 saturated carbocycles. The third kappa shape index (κ3) is 5.65. The Hall–Kier alpha value is -0.550. The summed E-state index contributed by atoms with van der Waals surface area (Å²) in [6, 6.07) is 0. The van der Waals surface area contributed by atoms with E-state index in [4.69, 9.17) is 10.2 Å². The van der Waals surface area contributed by atoms with Gasteiger partial charge in [-0.1, -0.05) is 13.8 Å². The molecular weight excluding hydrogens is 192 g/mol. The quantitative estimate of drug-likeness (QED) is 0.663. The number of carboxylic acid groups (broad SMARTS) is 1. The zero-order valence-electron chi connectivity index (χ0n) is 7.69. The third-order valence-electron chi connectivity index (χ3n) is 1.30. The number of hydrogen-bond acceptors (Lipinski definition) is 4. The number of hydrogen-bond donors (Lipinski definition) is 2. The van der Waals surface area contributed by atoms with Gasteiger partial charge in [-0.3, -0.25) is 9.59 Å². The van der Waals surface area contributed by atoms with E-state index in [0.717, 1.165) is 0 Å². The van der Waals surface area contributed by atoms with E-state index in [1.165, 1.54) is 11.8 Å². The van der Waals surface area contributed by atoms with E-state index in [1.807, 2.05) is 13.8 Å². The normalized spacial score (nSPS) is 12.9. The topological polar surface area (TPSA) is 74.6 Å². The van der Waals surface area contributed by atoms with Crippen LogP contribution in [0.5, 0.6) is 0 Å². The van der Waals surface area contributed by atoms with Crippen molar-refractivity contribution in [1.29, 1.82) is 0 Å². The van der Waals surface area contributed by atoms with Crippen LogP contribution in [0.4, 0.5) is 0 Å². The van der Waals surface area contributed by atoms with Crippen molar-refractivity contribution in [3.05, 3.63) is 0 Å². The molecule has 0 saturated heterocycles. The predicted molar refractivity (Wildman–Crippen MR) is 50.9 cm³/mol. The number of carbonyl (C=O) groups is 2. The molecule has 13 heavy (non-hydrogen) atoms. The molecule has 0 fully saturated rings. The maximum atomic E-state index is 10.8. The minimum absolute atomic E-state index is 0.103. The maximum absolute atomic E-state index is 10.8. The lowest BCUT2D eigenvalue weighted by Crippen LogP contribution is -2.23. The molecule has 5 heteroatoms. The van der Waals surface area contributed by atoms with Crippen LogP contribution in [0.25, 0.3) is 0 Å². The lowest BCUT2D eigenvalue weighted by atomic mass is 10.2. The molecule has 4 nitrogen and oxygen atoms in total. The average Bonchev–Trinajstić information content (AvgIpc) is 2.02. The molecule has 1 unspecified atom stereocenters. The van der Waals surface area contributed by atoms with Crippen molar-refractivity contribution in [2.45, 2.75) is 30.8 Å². The fraction of sp³-hybridized carbons (Fsp3) is 0.750. The predicted octanol–water partition coefficient (Wildman–Crippen LogP) is 0.533. The highest BCUT2D eigenvalue weighted by Gasteiger charge is 2.22. The Balaban J connectivity index is 4.10. The summed E-state index contributed by atoms with van der Waals surface area (Å²) in [4.78, 5) is 21.4. The van der Waals surface area contributed by atoms with Gasteiger partial charge >= 0.3 is 5.97 Å². The van der Waals surface area contributed by atoms with E-state index in [-0.39, 0.29) is 11.7 Å². The van der Waals surface area contributed by atoms with Gasteiger partial charge in [0.05, 0.1) is 0 Å². The minimum Gasteiger partial charge on any atom is -0.480 e. The Bertz CT molecular complexity index is 191.